The number of hydrogen-bond acceptors (Lipinski definition) is 4. The molecule has 39 heavy (non-hydrogen) atoms. The van der Waals surface area contributed by atoms with Crippen molar-refractivity contribution in [3.8, 4) is 0 Å². The van der Waals surface area contributed by atoms with Crippen LogP contribution in [0.5, 0.6) is 0 Å². The highest BCUT2D eigenvalue weighted by Crippen LogP contribution is 2.30. The largest absolute Gasteiger partial charge is 0.352 e. The van der Waals surface area contributed by atoms with E-state index in [9.17, 15) is 18.0 Å². The molecule has 0 saturated carbocycles. The van der Waals surface area contributed by atoms with Crippen LogP contribution in [0.4, 0.5) is 5.69 Å². The molecule has 3 rings (SSSR count). The number of carbonyl (C=O) groups excluding carboxylic acids is 2. The summed E-state index contributed by atoms with van der Waals surface area (Å²) >= 11 is 12.4. The van der Waals surface area contributed by atoms with Crippen LogP contribution in [0.25, 0.3) is 0 Å². The van der Waals surface area contributed by atoms with Crippen LogP contribution in [0.1, 0.15) is 30.5 Å². The Kier molecular flexibility index (Phi) is 10.4. The van der Waals surface area contributed by atoms with Crippen molar-refractivity contribution in [3.05, 3.63) is 99.5 Å². The second-order valence-corrected chi connectivity index (χ2v) is 12.4. The number of nitrogens with zero attached hydrogens (tertiary/aromatic N) is 2. The first-order chi connectivity index (χ1) is 18.4. The number of hydrogen-bond donors (Lipinski definition) is 1. The molecule has 0 spiro atoms. The summed E-state index contributed by atoms with van der Waals surface area (Å²) < 4.78 is 26.7. The highest BCUT2D eigenvalue weighted by Gasteiger charge is 2.34. The number of halogens is 2. The highest BCUT2D eigenvalue weighted by atomic mass is 35.5. The number of nitrogens with one attached hydrogen (secondary N) is 1. The van der Waals surface area contributed by atoms with E-state index in [0.29, 0.717) is 5.02 Å². The first-order valence-corrected chi connectivity index (χ1v) is 15.1. The predicted molar refractivity (Wildman–Crippen MR) is 158 cm³/mol. The van der Waals surface area contributed by atoms with Gasteiger partial charge in [0.1, 0.15) is 12.6 Å². The molecule has 1 atom stereocenters. The van der Waals surface area contributed by atoms with Gasteiger partial charge in [0.25, 0.3) is 0 Å². The van der Waals surface area contributed by atoms with E-state index in [2.05, 4.69) is 5.32 Å². The normalized spacial score (nSPS) is 12.2. The van der Waals surface area contributed by atoms with Gasteiger partial charge in [-0.2, -0.15) is 0 Å². The minimum Gasteiger partial charge on any atom is -0.352 e. The Labute approximate surface area is 240 Å². The van der Waals surface area contributed by atoms with Crippen molar-refractivity contribution in [1.82, 2.24) is 10.2 Å². The third-order valence-corrected chi connectivity index (χ3v) is 7.83. The molecule has 0 aliphatic carbocycles. The number of aryl methyl sites for hydroxylation is 1. The van der Waals surface area contributed by atoms with Crippen LogP contribution < -0.4 is 9.62 Å². The molecule has 208 valence electrons. The molecule has 0 aromatic heterocycles. The van der Waals surface area contributed by atoms with E-state index < -0.39 is 28.5 Å². The minimum atomic E-state index is -3.93. The highest BCUT2D eigenvalue weighted by molar-refractivity contribution is 7.92. The Morgan fingerprint density at radius 2 is 1.59 bits per heavy atom. The first kappa shape index (κ1) is 30.5. The summed E-state index contributed by atoms with van der Waals surface area (Å²) in [4.78, 5) is 29.1. The fraction of sp³-hybridized carbons (Fsp3) is 0.310. The molecule has 0 aliphatic heterocycles. The molecule has 0 fully saturated rings. The lowest BCUT2D eigenvalue weighted by Crippen LogP contribution is -2.54. The SMILES string of the molecule is Cc1ccccc1CN(C(=O)CN(c1ccc(Cl)cc1Cl)S(C)(=O)=O)C(Cc1ccccc1)C(=O)NC(C)C. The van der Waals surface area contributed by atoms with Gasteiger partial charge in [0, 0.05) is 24.0 Å². The number of sulfonamides is 1. The molecule has 10 heteroatoms. The van der Waals surface area contributed by atoms with E-state index in [1.54, 1.807) is 0 Å². The molecule has 0 heterocycles. The molecule has 0 saturated heterocycles. The zero-order chi connectivity index (χ0) is 28.7. The van der Waals surface area contributed by atoms with Crippen molar-refractivity contribution < 1.29 is 18.0 Å². The topological polar surface area (TPSA) is 86.8 Å². The molecular weight excluding hydrogens is 557 g/mol. The van der Waals surface area contributed by atoms with Crippen LogP contribution in [-0.4, -0.2) is 50.0 Å². The number of carbonyl (C=O) groups is 2. The smallest absolute Gasteiger partial charge is 0.244 e. The standard InChI is InChI=1S/C29H33Cl2N3O4S/c1-20(2)32-29(36)27(16-22-11-6-5-7-12-22)33(18-23-13-9-8-10-21(23)3)28(35)19-34(39(4,37)38)26-15-14-24(30)17-25(26)31/h5-15,17,20,27H,16,18-19H2,1-4H3,(H,32,36). The van der Waals surface area contributed by atoms with Gasteiger partial charge in [0.05, 0.1) is 17.0 Å². The zero-order valence-electron chi connectivity index (χ0n) is 22.4. The van der Waals surface area contributed by atoms with Crippen LogP contribution in [0.3, 0.4) is 0 Å². The van der Waals surface area contributed by atoms with Crippen molar-refractivity contribution >= 4 is 50.7 Å². The maximum Gasteiger partial charge on any atom is 0.244 e. The Morgan fingerprint density at radius 1 is 0.949 bits per heavy atom. The van der Waals surface area contributed by atoms with Crippen molar-refractivity contribution in [2.45, 2.75) is 45.8 Å². The third-order valence-electron chi connectivity index (χ3n) is 6.16. The molecule has 7 nitrogen and oxygen atoms in total. The lowest BCUT2D eigenvalue weighted by Gasteiger charge is -2.34. The van der Waals surface area contributed by atoms with Crippen molar-refractivity contribution in [2.24, 2.45) is 0 Å². The molecule has 3 aromatic rings. The van der Waals surface area contributed by atoms with Gasteiger partial charge in [-0.25, -0.2) is 8.42 Å². The lowest BCUT2D eigenvalue weighted by atomic mass is 10.0. The molecular formula is C29H33Cl2N3O4S. The summed E-state index contributed by atoms with van der Waals surface area (Å²) in [7, 11) is -3.93. The van der Waals surface area contributed by atoms with E-state index in [1.165, 1.54) is 23.1 Å². The molecule has 0 bridgehead atoms. The van der Waals surface area contributed by atoms with Gasteiger partial charge >= 0.3 is 0 Å². The summed E-state index contributed by atoms with van der Waals surface area (Å²) in [6.07, 6.45) is 1.25. The van der Waals surface area contributed by atoms with Crippen LogP contribution in [0, 0.1) is 6.92 Å². The van der Waals surface area contributed by atoms with Crippen LogP contribution >= 0.6 is 23.2 Å². The van der Waals surface area contributed by atoms with Crippen LogP contribution in [-0.2, 0) is 32.6 Å². The number of amides is 2. The molecule has 0 radical (unpaired) electrons. The monoisotopic (exact) mass is 589 g/mol. The van der Waals surface area contributed by atoms with E-state index in [0.717, 1.165) is 27.3 Å². The van der Waals surface area contributed by atoms with Crippen LogP contribution in [0.15, 0.2) is 72.8 Å². The summed E-state index contributed by atoms with van der Waals surface area (Å²) in [5, 5.41) is 3.35. The Hall–Kier alpha value is -3.07. The molecule has 1 N–H and O–H groups in total. The van der Waals surface area contributed by atoms with Gasteiger partial charge in [-0.05, 0) is 55.7 Å². The zero-order valence-corrected chi connectivity index (χ0v) is 24.7. The van der Waals surface area contributed by atoms with Gasteiger partial charge in [0.2, 0.25) is 21.8 Å². The minimum absolute atomic E-state index is 0.0876. The molecule has 0 aliphatic rings. The predicted octanol–water partition coefficient (Wildman–Crippen LogP) is 5.23. The van der Waals surface area contributed by atoms with Crippen LogP contribution in [0.2, 0.25) is 10.0 Å². The van der Waals surface area contributed by atoms with Gasteiger partial charge in [-0.3, -0.25) is 13.9 Å². The van der Waals surface area contributed by atoms with Crippen molar-refractivity contribution in [3.63, 3.8) is 0 Å². The molecule has 1 unspecified atom stereocenters. The molecule has 2 amide bonds. The second-order valence-electron chi connectivity index (χ2n) is 9.68. The summed E-state index contributed by atoms with van der Waals surface area (Å²) in [6, 6.07) is 20.3. The van der Waals surface area contributed by atoms with Gasteiger partial charge in [-0.1, -0.05) is 77.8 Å². The fourth-order valence-electron chi connectivity index (χ4n) is 4.18. The lowest BCUT2D eigenvalue weighted by molar-refractivity contribution is -0.140. The van der Waals surface area contributed by atoms with E-state index in [-0.39, 0.29) is 35.6 Å². The van der Waals surface area contributed by atoms with E-state index >= 15 is 0 Å². The average Bonchev–Trinajstić information content (AvgIpc) is 2.85. The Morgan fingerprint density at radius 3 is 2.18 bits per heavy atom. The number of benzene rings is 3. The Bertz CT molecular complexity index is 1420. The summed E-state index contributed by atoms with van der Waals surface area (Å²) in [6.45, 7) is 5.18. The fourth-order valence-corrected chi connectivity index (χ4v) is 5.61. The second kappa shape index (κ2) is 13.3. The number of anilines is 1. The van der Waals surface area contributed by atoms with Gasteiger partial charge in [-0.15, -0.1) is 0 Å². The van der Waals surface area contributed by atoms with Crippen molar-refractivity contribution in [1.29, 1.82) is 0 Å². The van der Waals surface area contributed by atoms with E-state index in [4.69, 9.17) is 23.2 Å². The average molecular weight is 591 g/mol. The van der Waals surface area contributed by atoms with E-state index in [1.807, 2.05) is 75.4 Å². The summed E-state index contributed by atoms with van der Waals surface area (Å²) in [5.41, 5.74) is 2.78. The first-order valence-electron chi connectivity index (χ1n) is 12.5. The van der Waals surface area contributed by atoms with Crippen molar-refractivity contribution in [2.75, 3.05) is 17.1 Å². The maximum atomic E-state index is 14.1. The molecule has 3 aromatic carbocycles. The third kappa shape index (κ3) is 8.46. The Balaban J connectivity index is 2.08. The van der Waals surface area contributed by atoms with Gasteiger partial charge < -0.3 is 10.2 Å². The summed E-state index contributed by atoms with van der Waals surface area (Å²) in [5.74, 6) is -0.874. The maximum absolute atomic E-state index is 14.1. The quantitative estimate of drug-likeness (QED) is 0.331. The van der Waals surface area contributed by atoms with Gasteiger partial charge in [0.15, 0.2) is 0 Å². The number of rotatable bonds is 11.